The Kier molecular flexibility index (Phi) is 11.8. The monoisotopic (exact) mass is 452 g/mol. The molecule has 0 fully saturated rings. The van der Waals surface area contributed by atoms with Crippen LogP contribution in [0.5, 0.6) is 0 Å². The fraction of sp³-hybridized carbons (Fsp3) is 1.00. The minimum Gasteiger partial charge on any atom is -0.314 e. The molecule has 0 unspecified atom stereocenters. The predicted molar refractivity (Wildman–Crippen MR) is 110 cm³/mol. The molecule has 0 saturated carbocycles. The molecule has 0 aliphatic rings. The second-order valence-corrected chi connectivity index (χ2v) is 21.9. The smallest absolute Gasteiger partial charge is 0.314 e. The topological polar surface area (TPSA) is 44.8 Å². The predicted octanol–water partition coefficient (Wildman–Crippen LogP) is 6.84. The molecule has 0 atom stereocenters. The first kappa shape index (κ1) is 26.6. The van der Waals surface area contributed by atoms with Crippen molar-refractivity contribution in [2.45, 2.75) is 76.7 Å². The van der Waals surface area contributed by atoms with Gasteiger partial charge in [-0.05, 0) is 76.7 Å². The minimum absolute atomic E-state index is 0.0737. The summed E-state index contributed by atoms with van der Waals surface area (Å²) in [7, 11) is -11.8. The van der Waals surface area contributed by atoms with Crippen molar-refractivity contribution >= 4 is 33.0 Å². The zero-order valence-electron chi connectivity index (χ0n) is 17.1. The molecule has 26 heavy (non-hydrogen) atoms. The van der Waals surface area contributed by atoms with E-state index in [-0.39, 0.29) is 19.8 Å². The average Bonchev–Trinajstić information content (AvgIpc) is 2.42. The van der Waals surface area contributed by atoms with Gasteiger partial charge in [0.1, 0.15) is 0 Å². The molecule has 0 amide bonds. The number of rotatable bonds is 15. The highest BCUT2D eigenvalue weighted by atomic mass is 31.2. The summed E-state index contributed by atoms with van der Waals surface area (Å²) in [5, 5.41) is 0. The van der Waals surface area contributed by atoms with Crippen molar-refractivity contribution in [3.05, 3.63) is 0 Å². The highest BCUT2D eigenvalue weighted by molar-refractivity contribution is 7.48. The van der Waals surface area contributed by atoms with Gasteiger partial charge in [0.2, 0.25) is 25.2 Å². The molecule has 0 radical (unpaired) electrons. The van der Waals surface area contributed by atoms with Crippen LogP contribution >= 0.6 is 7.82 Å². The van der Waals surface area contributed by atoms with Crippen LogP contribution in [0, 0.1) is 0 Å². The molecule has 0 aromatic heterocycles. The maximum Gasteiger partial charge on any atom is 0.474 e. The second-order valence-electron chi connectivity index (χ2n) is 8.41. The molecule has 0 N–H and O–H groups in total. The Hall–Kier alpha value is 0.551. The van der Waals surface area contributed by atoms with Crippen LogP contribution < -0.4 is 0 Å². The average molecular weight is 453 g/mol. The van der Waals surface area contributed by atoms with Gasteiger partial charge in [0.05, 0.1) is 19.8 Å². The van der Waals surface area contributed by atoms with Gasteiger partial charge >= 0.3 is 7.82 Å². The lowest BCUT2D eigenvalue weighted by molar-refractivity contribution is 0.113. The van der Waals surface area contributed by atoms with E-state index in [9.17, 15) is 16.9 Å². The molecule has 4 nitrogen and oxygen atoms in total. The Morgan fingerprint density at radius 2 is 0.846 bits per heavy atom. The van der Waals surface area contributed by atoms with Crippen molar-refractivity contribution in [3.8, 4) is 0 Å². The lowest BCUT2D eigenvalue weighted by atomic mass is 10.5. The van der Waals surface area contributed by atoms with E-state index < -0.39 is 33.0 Å². The first-order chi connectivity index (χ1) is 11.6. The number of hydrogen-bond acceptors (Lipinski definition) is 4. The largest absolute Gasteiger partial charge is 0.474 e. The Balaban J connectivity index is 4.42. The van der Waals surface area contributed by atoms with Crippen molar-refractivity contribution < 1.29 is 30.5 Å². The molecule has 11 heteroatoms. The molecule has 0 heterocycles. The van der Waals surface area contributed by atoms with E-state index in [1.807, 2.05) is 0 Å². The fourth-order valence-electron chi connectivity index (χ4n) is 2.12. The van der Waals surface area contributed by atoms with Gasteiger partial charge in [-0.1, -0.05) is 0 Å². The van der Waals surface area contributed by atoms with Crippen LogP contribution in [-0.4, -0.2) is 45.0 Å². The van der Waals surface area contributed by atoms with E-state index in [2.05, 4.69) is 0 Å². The van der Waals surface area contributed by atoms with Gasteiger partial charge in [0.15, 0.2) is 0 Å². The zero-order valence-corrected chi connectivity index (χ0v) is 21.0. The number of halogens is 3. The summed E-state index contributed by atoms with van der Waals surface area (Å²) in [6, 6.07) is 1.20. The Morgan fingerprint density at radius 3 is 1.04 bits per heavy atom. The lowest BCUT2D eigenvalue weighted by Gasteiger charge is -2.20. The zero-order chi connectivity index (χ0) is 20.5. The van der Waals surface area contributed by atoms with Gasteiger partial charge in [0, 0.05) is 0 Å². The molecule has 0 aliphatic carbocycles. The summed E-state index contributed by atoms with van der Waals surface area (Å²) < 4.78 is 69.4. The van der Waals surface area contributed by atoms with Gasteiger partial charge in [-0.3, -0.25) is 13.6 Å². The van der Waals surface area contributed by atoms with Crippen LogP contribution in [-0.2, 0) is 18.1 Å². The van der Waals surface area contributed by atoms with Crippen LogP contribution in [0.3, 0.4) is 0 Å². The van der Waals surface area contributed by atoms with Gasteiger partial charge in [-0.15, -0.1) is 0 Å². The number of phosphoric acid groups is 1. The molecular weight excluding hydrogens is 416 g/mol. The van der Waals surface area contributed by atoms with E-state index in [1.54, 1.807) is 39.3 Å². The number of hydrogen-bond donors (Lipinski definition) is 0. The van der Waals surface area contributed by atoms with E-state index in [0.29, 0.717) is 37.4 Å². The van der Waals surface area contributed by atoms with Crippen molar-refractivity contribution in [1.82, 2.24) is 0 Å². The van der Waals surface area contributed by atoms with E-state index >= 15 is 0 Å². The lowest BCUT2D eigenvalue weighted by Crippen LogP contribution is -2.19. The van der Waals surface area contributed by atoms with Gasteiger partial charge in [-0.25, -0.2) is 4.57 Å². The molecule has 0 aliphatic heterocycles. The quantitative estimate of drug-likeness (QED) is 0.118. The highest BCUT2D eigenvalue weighted by Gasteiger charge is 2.29. The molecule has 0 spiro atoms. The SMILES string of the molecule is C[Si](C)(F)CCCOP(=O)(OCCC[Si](C)(C)F)OCCC[Si](C)(C)F. The molecule has 0 rings (SSSR count). The molecule has 158 valence electrons. The van der Waals surface area contributed by atoms with Gasteiger partial charge in [-0.2, -0.15) is 0 Å². The van der Waals surface area contributed by atoms with Crippen molar-refractivity contribution in [3.63, 3.8) is 0 Å². The summed E-state index contributed by atoms with van der Waals surface area (Å²) in [5.41, 5.74) is 0. The first-order valence-corrected chi connectivity index (χ1v) is 19.9. The molecule has 0 aromatic rings. The first-order valence-electron chi connectivity index (χ1n) is 9.22. The number of phosphoric ester groups is 1. The van der Waals surface area contributed by atoms with Crippen molar-refractivity contribution in [2.75, 3.05) is 19.8 Å². The summed E-state index contributed by atoms with van der Waals surface area (Å²) >= 11 is 0. The van der Waals surface area contributed by atoms with Crippen LogP contribution in [0.25, 0.3) is 0 Å². The molecule has 0 aromatic carbocycles. The van der Waals surface area contributed by atoms with Crippen LogP contribution in [0.4, 0.5) is 12.3 Å². The molecule has 0 saturated heterocycles. The minimum atomic E-state index is -3.79. The second kappa shape index (κ2) is 11.5. The third kappa shape index (κ3) is 17.9. The normalized spacial score (nSPS) is 14.0. The summed E-state index contributed by atoms with van der Waals surface area (Å²) in [4.78, 5) is 0. The summed E-state index contributed by atoms with van der Waals surface area (Å²) in [6.45, 7) is 9.83. The van der Waals surface area contributed by atoms with Crippen LogP contribution in [0.1, 0.15) is 19.3 Å². The van der Waals surface area contributed by atoms with Crippen molar-refractivity contribution in [1.29, 1.82) is 0 Å². The maximum absolute atomic E-state index is 13.6. The van der Waals surface area contributed by atoms with Gasteiger partial charge < -0.3 is 12.3 Å². The third-order valence-corrected chi connectivity index (χ3v) is 9.62. The van der Waals surface area contributed by atoms with Crippen LogP contribution in [0.2, 0.25) is 57.4 Å². The summed E-state index contributed by atoms with van der Waals surface area (Å²) in [6.07, 6.45) is 1.30. The van der Waals surface area contributed by atoms with Crippen molar-refractivity contribution in [2.24, 2.45) is 0 Å². The summed E-state index contributed by atoms with van der Waals surface area (Å²) in [5.74, 6) is 0. The molecule has 0 bridgehead atoms. The van der Waals surface area contributed by atoms with Gasteiger partial charge in [0.25, 0.3) is 0 Å². The van der Waals surface area contributed by atoms with E-state index in [4.69, 9.17) is 13.6 Å². The van der Waals surface area contributed by atoms with E-state index in [0.717, 1.165) is 0 Å². The molecular formula is C15H36F3O4PSi3. The standard InChI is InChI=1S/C15H36F3O4PSi3/c1-24(2,16)13-7-10-20-23(19,21-11-8-14-25(3,4)17)22-12-9-15-26(5,6)18/h7-15H2,1-6H3. The Bertz CT molecular complexity index is 376. The third-order valence-electron chi connectivity index (χ3n) is 3.50. The fourth-order valence-corrected chi connectivity index (χ4v) is 6.36. The maximum atomic E-state index is 13.6. The highest BCUT2D eigenvalue weighted by Crippen LogP contribution is 2.50. The van der Waals surface area contributed by atoms with Crippen LogP contribution in [0.15, 0.2) is 0 Å². The Labute approximate surface area is 160 Å². The van der Waals surface area contributed by atoms with E-state index in [1.165, 1.54) is 0 Å². The Morgan fingerprint density at radius 1 is 0.615 bits per heavy atom.